The molecule has 1 fully saturated rings. The summed E-state index contributed by atoms with van der Waals surface area (Å²) in [4.78, 5) is 33.9. The van der Waals surface area contributed by atoms with E-state index in [1.54, 1.807) is 51.4 Å². The molecule has 0 spiro atoms. The maximum absolute atomic E-state index is 13.1. The molecule has 1 unspecified atom stereocenters. The Labute approximate surface area is 236 Å². The minimum atomic E-state index is -4.49. The number of nitrogens with zero attached hydrogens (tertiary/aromatic N) is 4. The van der Waals surface area contributed by atoms with Gasteiger partial charge in [-0.2, -0.15) is 18.3 Å². The van der Waals surface area contributed by atoms with Gasteiger partial charge in [0.05, 0.1) is 29.8 Å². The van der Waals surface area contributed by atoms with Crippen molar-refractivity contribution in [2.75, 3.05) is 11.9 Å². The SMILES string of the molecule is CC(C)(C)OC(=O)CCNC(=O)c1cccnc1NC(c1ccc(-n2cc(C(F)(F)F)cn2)nc1)C1CCCCC1. The molecule has 12 heteroatoms. The summed E-state index contributed by atoms with van der Waals surface area (Å²) in [5.74, 6) is 0.112. The van der Waals surface area contributed by atoms with E-state index in [0.717, 1.165) is 54.7 Å². The first-order valence-electron chi connectivity index (χ1n) is 13.7. The van der Waals surface area contributed by atoms with Crippen LogP contribution in [0.1, 0.15) is 86.8 Å². The molecule has 1 aliphatic carbocycles. The predicted molar refractivity (Wildman–Crippen MR) is 146 cm³/mol. The number of anilines is 1. The molecule has 0 radical (unpaired) electrons. The summed E-state index contributed by atoms with van der Waals surface area (Å²) in [6.45, 7) is 5.46. The molecule has 220 valence electrons. The van der Waals surface area contributed by atoms with Crippen molar-refractivity contribution in [2.24, 2.45) is 5.92 Å². The number of hydrogen-bond acceptors (Lipinski definition) is 7. The highest BCUT2D eigenvalue weighted by Gasteiger charge is 2.32. The van der Waals surface area contributed by atoms with Crippen LogP contribution in [0, 0.1) is 5.92 Å². The van der Waals surface area contributed by atoms with Gasteiger partial charge in [0.1, 0.15) is 11.4 Å². The molecule has 3 aromatic rings. The van der Waals surface area contributed by atoms with Crippen LogP contribution in [-0.4, -0.2) is 43.8 Å². The molecule has 3 aromatic heterocycles. The number of pyridine rings is 2. The van der Waals surface area contributed by atoms with Gasteiger partial charge in [-0.25, -0.2) is 14.6 Å². The predicted octanol–water partition coefficient (Wildman–Crippen LogP) is 5.88. The third-order valence-electron chi connectivity index (χ3n) is 6.78. The molecule has 2 N–H and O–H groups in total. The van der Waals surface area contributed by atoms with Crippen molar-refractivity contribution in [3.05, 3.63) is 65.7 Å². The fraction of sp³-hybridized carbons (Fsp3) is 0.483. The first-order valence-corrected chi connectivity index (χ1v) is 13.7. The van der Waals surface area contributed by atoms with Crippen LogP contribution in [0.5, 0.6) is 0 Å². The summed E-state index contributed by atoms with van der Waals surface area (Å²) in [5, 5.41) is 10.0. The van der Waals surface area contributed by atoms with E-state index in [0.29, 0.717) is 11.4 Å². The quantitative estimate of drug-likeness (QED) is 0.308. The Morgan fingerprint density at radius 2 is 1.83 bits per heavy atom. The van der Waals surface area contributed by atoms with Crippen molar-refractivity contribution in [1.29, 1.82) is 0 Å². The van der Waals surface area contributed by atoms with Crippen molar-refractivity contribution >= 4 is 17.7 Å². The van der Waals surface area contributed by atoms with Crippen molar-refractivity contribution < 1.29 is 27.5 Å². The van der Waals surface area contributed by atoms with Crippen LogP contribution in [0.4, 0.5) is 19.0 Å². The van der Waals surface area contributed by atoms with Gasteiger partial charge in [-0.05, 0) is 63.3 Å². The third-order valence-corrected chi connectivity index (χ3v) is 6.78. The first kappa shape index (κ1) is 30.0. The van der Waals surface area contributed by atoms with Crippen LogP contribution in [0.3, 0.4) is 0 Å². The fourth-order valence-corrected chi connectivity index (χ4v) is 4.87. The standard InChI is InChI=1S/C29H35F3N6O3/c1-28(2,3)41-24(39)13-15-34-27(40)22-10-7-14-33-26(22)37-25(19-8-5-4-6-9-19)20-11-12-23(35-16-20)38-18-21(17-36-38)29(30,31)32/h7,10-12,14,16-19,25H,4-6,8-9,13,15H2,1-3H3,(H,33,37)(H,34,40). The monoisotopic (exact) mass is 572 g/mol. The second-order valence-electron chi connectivity index (χ2n) is 11.1. The van der Waals surface area contributed by atoms with Gasteiger partial charge in [0.15, 0.2) is 5.82 Å². The molecule has 1 aliphatic rings. The zero-order valence-corrected chi connectivity index (χ0v) is 23.4. The lowest BCUT2D eigenvalue weighted by atomic mass is 9.81. The van der Waals surface area contributed by atoms with Crippen LogP contribution in [0.15, 0.2) is 49.1 Å². The summed E-state index contributed by atoms with van der Waals surface area (Å²) in [6, 6.07) is 6.53. The second-order valence-corrected chi connectivity index (χ2v) is 11.1. The number of hydrogen-bond donors (Lipinski definition) is 2. The van der Waals surface area contributed by atoms with Crippen LogP contribution >= 0.6 is 0 Å². The highest BCUT2D eigenvalue weighted by molar-refractivity contribution is 5.98. The second kappa shape index (κ2) is 12.7. The van der Waals surface area contributed by atoms with Gasteiger partial charge >= 0.3 is 12.1 Å². The van der Waals surface area contributed by atoms with Crippen LogP contribution in [0.25, 0.3) is 5.82 Å². The summed E-state index contributed by atoms with van der Waals surface area (Å²) in [6.07, 6.45) is 5.67. The molecule has 9 nitrogen and oxygen atoms in total. The number of esters is 1. The molecule has 0 saturated heterocycles. The Kier molecular flexibility index (Phi) is 9.29. The van der Waals surface area contributed by atoms with Gasteiger partial charge in [0, 0.05) is 25.1 Å². The lowest BCUT2D eigenvalue weighted by molar-refractivity contribution is -0.154. The van der Waals surface area contributed by atoms with Crippen LogP contribution in [0.2, 0.25) is 0 Å². The number of nitrogens with one attached hydrogen (secondary N) is 2. The number of carbonyl (C=O) groups is 2. The van der Waals surface area contributed by atoms with E-state index >= 15 is 0 Å². The molecule has 0 bridgehead atoms. The van der Waals surface area contributed by atoms with Gasteiger partial charge < -0.3 is 15.4 Å². The molecule has 3 heterocycles. The highest BCUT2D eigenvalue weighted by atomic mass is 19.4. The molecule has 41 heavy (non-hydrogen) atoms. The lowest BCUT2D eigenvalue weighted by Gasteiger charge is -2.32. The summed E-state index contributed by atoms with van der Waals surface area (Å²) < 4.78 is 45.4. The minimum absolute atomic E-state index is 0.0372. The van der Waals surface area contributed by atoms with Gasteiger partial charge in [-0.1, -0.05) is 25.3 Å². The van der Waals surface area contributed by atoms with Crippen molar-refractivity contribution in [3.63, 3.8) is 0 Å². The molecular weight excluding hydrogens is 537 g/mol. The molecule has 1 amide bonds. The first-order chi connectivity index (χ1) is 19.4. The smallest absolute Gasteiger partial charge is 0.419 e. The summed E-state index contributed by atoms with van der Waals surface area (Å²) in [5.41, 5.74) is -0.297. The Morgan fingerprint density at radius 1 is 1.07 bits per heavy atom. The fourth-order valence-electron chi connectivity index (χ4n) is 4.87. The Hall–Kier alpha value is -3.96. The summed E-state index contributed by atoms with van der Waals surface area (Å²) >= 11 is 0. The topological polar surface area (TPSA) is 111 Å². The van der Waals surface area contributed by atoms with Crippen molar-refractivity contribution in [3.8, 4) is 5.82 Å². The van der Waals surface area contributed by atoms with E-state index in [-0.39, 0.29) is 36.7 Å². The molecular formula is C29H35F3N6O3. The van der Waals surface area contributed by atoms with Gasteiger partial charge in [0.25, 0.3) is 5.91 Å². The number of halogens is 3. The largest absolute Gasteiger partial charge is 0.460 e. The van der Waals surface area contributed by atoms with E-state index in [9.17, 15) is 22.8 Å². The maximum atomic E-state index is 13.1. The Bertz CT molecular complexity index is 1330. The van der Waals surface area contributed by atoms with E-state index in [1.807, 2.05) is 6.07 Å². The summed E-state index contributed by atoms with van der Waals surface area (Å²) in [7, 11) is 0. The average molecular weight is 573 g/mol. The van der Waals surface area contributed by atoms with Gasteiger partial charge in [0.2, 0.25) is 0 Å². The zero-order valence-electron chi connectivity index (χ0n) is 23.4. The van der Waals surface area contributed by atoms with Gasteiger partial charge in [-0.15, -0.1) is 0 Å². The number of alkyl halides is 3. The average Bonchev–Trinajstić information content (AvgIpc) is 3.43. The Morgan fingerprint density at radius 3 is 2.46 bits per heavy atom. The van der Waals surface area contributed by atoms with E-state index < -0.39 is 23.3 Å². The van der Waals surface area contributed by atoms with Crippen LogP contribution < -0.4 is 10.6 Å². The number of carbonyl (C=O) groups excluding carboxylic acids is 2. The van der Waals surface area contributed by atoms with Crippen LogP contribution in [-0.2, 0) is 15.7 Å². The number of rotatable bonds is 9. The normalized spacial score (nSPS) is 15.3. The molecule has 1 saturated carbocycles. The molecule has 0 aliphatic heterocycles. The minimum Gasteiger partial charge on any atom is -0.460 e. The van der Waals surface area contributed by atoms with Gasteiger partial charge in [-0.3, -0.25) is 9.59 Å². The van der Waals surface area contributed by atoms with E-state index in [2.05, 4.69) is 25.7 Å². The third kappa shape index (κ3) is 8.27. The number of aromatic nitrogens is 4. The van der Waals surface area contributed by atoms with Crippen molar-refractivity contribution in [2.45, 2.75) is 77.1 Å². The number of ether oxygens (including phenoxy) is 1. The molecule has 1 atom stereocenters. The molecule has 4 rings (SSSR count). The zero-order chi connectivity index (χ0) is 29.6. The lowest BCUT2D eigenvalue weighted by Crippen LogP contribution is -2.31. The highest BCUT2D eigenvalue weighted by Crippen LogP contribution is 2.37. The van der Waals surface area contributed by atoms with E-state index in [4.69, 9.17) is 4.74 Å². The Balaban J connectivity index is 1.51. The maximum Gasteiger partial charge on any atom is 0.419 e. The van der Waals surface area contributed by atoms with E-state index in [1.165, 1.54) is 0 Å². The number of amides is 1. The van der Waals surface area contributed by atoms with Crippen molar-refractivity contribution in [1.82, 2.24) is 25.1 Å². The molecule has 0 aromatic carbocycles.